The zero-order valence-electron chi connectivity index (χ0n) is 23.5. The van der Waals surface area contributed by atoms with Crippen LogP contribution in [-0.2, 0) is 18.3 Å². The maximum Gasteiger partial charge on any atom is 0.433 e. The highest BCUT2D eigenvalue weighted by atomic mass is 19.4. The van der Waals surface area contributed by atoms with E-state index in [1.807, 2.05) is 23.1 Å². The van der Waals surface area contributed by atoms with E-state index in [1.54, 1.807) is 12.3 Å². The fourth-order valence-electron chi connectivity index (χ4n) is 6.28. The summed E-state index contributed by atoms with van der Waals surface area (Å²) in [5, 5.41) is 30.3. The zero-order chi connectivity index (χ0) is 30.0. The molecule has 1 saturated heterocycles. The predicted octanol–water partition coefficient (Wildman–Crippen LogP) is 3.66. The Hall–Kier alpha value is -4.06. The molecule has 0 atom stereocenters. The first kappa shape index (κ1) is 29.0. The number of H-pyrrole nitrogens is 1. The maximum absolute atomic E-state index is 13.5. The number of hydrogen-bond donors (Lipinski definition) is 4. The molecule has 6 rings (SSSR count). The van der Waals surface area contributed by atoms with E-state index < -0.39 is 11.9 Å². The van der Waals surface area contributed by atoms with E-state index in [-0.39, 0.29) is 30.6 Å². The Morgan fingerprint density at radius 3 is 2.74 bits per heavy atom. The van der Waals surface area contributed by atoms with Crippen molar-refractivity contribution in [2.75, 3.05) is 31.6 Å². The van der Waals surface area contributed by atoms with Gasteiger partial charge in [0.15, 0.2) is 0 Å². The van der Waals surface area contributed by atoms with Gasteiger partial charge in [-0.2, -0.15) is 23.5 Å². The molecule has 2 fully saturated rings. The van der Waals surface area contributed by atoms with E-state index in [4.69, 9.17) is 5.11 Å². The number of likely N-dealkylation sites (tertiary alicyclic amines) is 1. The third kappa shape index (κ3) is 6.06. The van der Waals surface area contributed by atoms with Crippen molar-refractivity contribution in [1.29, 1.82) is 5.26 Å². The largest absolute Gasteiger partial charge is 0.433 e. The third-order valence-electron chi connectivity index (χ3n) is 8.53. The number of anilines is 1. The second kappa shape index (κ2) is 11.9. The minimum atomic E-state index is -4.55. The van der Waals surface area contributed by atoms with Gasteiger partial charge in [0.2, 0.25) is 0 Å². The lowest BCUT2D eigenvalue weighted by Crippen LogP contribution is -2.58. The molecule has 0 bridgehead atoms. The normalized spacial score (nSPS) is 21.5. The van der Waals surface area contributed by atoms with Crippen LogP contribution in [0.3, 0.4) is 0 Å². The molecule has 43 heavy (non-hydrogen) atoms. The van der Waals surface area contributed by atoms with Crippen molar-refractivity contribution in [2.24, 2.45) is 0 Å². The molecule has 0 aromatic carbocycles. The highest BCUT2D eigenvalue weighted by Crippen LogP contribution is 2.45. The molecule has 14 heteroatoms. The first-order chi connectivity index (χ1) is 20.8. The molecular weight excluding hydrogens is 561 g/mol. The predicted molar refractivity (Wildman–Crippen MR) is 153 cm³/mol. The quantitative estimate of drug-likeness (QED) is 0.202. The molecule has 1 aliphatic heterocycles. The van der Waals surface area contributed by atoms with Crippen LogP contribution in [0.4, 0.5) is 19.0 Å². The molecule has 226 valence electrons. The Labute approximate surface area is 246 Å². The van der Waals surface area contributed by atoms with E-state index >= 15 is 0 Å². The van der Waals surface area contributed by atoms with Crippen molar-refractivity contribution in [1.82, 2.24) is 39.9 Å². The van der Waals surface area contributed by atoms with Crippen molar-refractivity contribution in [3.8, 4) is 17.3 Å². The lowest BCUT2D eigenvalue weighted by atomic mass is 9.69. The van der Waals surface area contributed by atoms with E-state index in [1.165, 1.54) is 6.33 Å². The van der Waals surface area contributed by atoms with Crippen LogP contribution in [-0.4, -0.2) is 78.0 Å². The molecule has 0 spiro atoms. The maximum atomic E-state index is 13.5. The van der Waals surface area contributed by atoms with Gasteiger partial charge in [0.1, 0.15) is 23.5 Å². The number of aromatic amines is 1. The molecule has 1 aliphatic carbocycles. The molecule has 4 aromatic rings. The Morgan fingerprint density at radius 1 is 1.19 bits per heavy atom. The summed E-state index contributed by atoms with van der Waals surface area (Å²) in [5.74, 6) is 0.209. The van der Waals surface area contributed by atoms with Crippen LogP contribution >= 0.6 is 0 Å². The van der Waals surface area contributed by atoms with Gasteiger partial charge in [-0.25, -0.2) is 15.0 Å². The summed E-state index contributed by atoms with van der Waals surface area (Å²) in [7, 11) is 0. The summed E-state index contributed by atoms with van der Waals surface area (Å²) in [6.07, 6.45) is 6.02. The van der Waals surface area contributed by atoms with Crippen molar-refractivity contribution in [2.45, 2.75) is 62.4 Å². The van der Waals surface area contributed by atoms with Gasteiger partial charge in [-0.05, 0) is 49.4 Å². The number of aliphatic hydroxyl groups excluding tert-OH is 1. The fourth-order valence-corrected chi connectivity index (χ4v) is 6.28. The Bertz CT molecular complexity index is 1600. The number of rotatable bonds is 10. The van der Waals surface area contributed by atoms with Crippen LogP contribution in [0.15, 0.2) is 43.1 Å². The summed E-state index contributed by atoms with van der Waals surface area (Å²) in [6.45, 7) is 2.00. The van der Waals surface area contributed by atoms with Gasteiger partial charge in [-0.1, -0.05) is 0 Å². The van der Waals surface area contributed by atoms with E-state index in [2.05, 4.69) is 46.6 Å². The van der Waals surface area contributed by atoms with Crippen LogP contribution in [0, 0.1) is 11.3 Å². The topological polar surface area (TPSA) is 144 Å². The second-order valence-electron chi connectivity index (χ2n) is 11.4. The Balaban J connectivity index is 1.08. The van der Waals surface area contributed by atoms with Gasteiger partial charge >= 0.3 is 6.18 Å². The number of hydrogen-bond acceptors (Lipinski definition) is 9. The van der Waals surface area contributed by atoms with Gasteiger partial charge < -0.3 is 25.6 Å². The SMILES string of the molecule is N#CCC1(n2cc(-c3ncnc4[nH]ccc34)cn2)CC(N2CCC(Nc3cc(CNCCO)cc(C(F)(F)F)n3)CC2)C1. The average molecular weight is 595 g/mol. The number of fused-ring (bicyclic) bond motifs is 1. The van der Waals surface area contributed by atoms with Crippen molar-refractivity contribution in [3.05, 3.63) is 54.4 Å². The average Bonchev–Trinajstić information content (AvgIpc) is 3.65. The smallest absolute Gasteiger partial charge is 0.395 e. The number of nitriles is 1. The molecular formula is C29H33F3N10O. The zero-order valence-corrected chi connectivity index (χ0v) is 23.5. The fraction of sp³-hybridized carbons (Fsp3) is 0.483. The number of aliphatic hydroxyl groups is 1. The van der Waals surface area contributed by atoms with E-state index in [0.717, 1.165) is 67.1 Å². The number of piperidine rings is 1. The van der Waals surface area contributed by atoms with Crippen LogP contribution in [0.2, 0.25) is 0 Å². The molecule has 4 aromatic heterocycles. The van der Waals surface area contributed by atoms with Gasteiger partial charge in [-0.15, -0.1) is 0 Å². The number of aromatic nitrogens is 6. The van der Waals surface area contributed by atoms with Crippen LogP contribution < -0.4 is 10.6 Å². The first-order valence-corrected chi connectivity index (χ1v) is 14.4. The molecule has 2 aliphatic rings. The highest BCUT2D eigenvalue weighted by molar-refractivity contribution is 5.90. The Kier molecular flexibility index (Phi) is 8.04. The summed E-state index contributed by atoms with van der Waals surface area (Å²) < 4.78 is 42.4. The van der Waals surface area contributed by atoms with Crippen molar-refractivity contribution in [3.63, 3.8) is 0 Å². The minimum Gasteiger partial charge on any atom is -0.395 e. The summed E-state index contributed by atoms with van der Waals surface area (Å²) in [6, 6.07) is 7.26. The third-order valence-corrected chi connectivity index (χ3v) is 8.53. The molecule has 1 saturated carbocycles. The Morgan fingerprint density at radius 2 is 2.00 bits per heavy atom. The molecule has 0 unspecified atom stereocenters. The molecule has 11 nitrogen and oxygen atoms in total. The van der Waals surface area contributed by atoms with Gasteiger partial charge in [-0.3, -0.25) is 4.68 Å². The lowest BCUT2D eigenvalue weighted by Gasteiger charge is -2.52. The van der Waals surface area contributed by atoms with Gasteiger partial charge in [0.05, 0.1) is 36.5 Å². The van der Waals surface area contributed by atoms with Crippen LogP contribution in [0.5, 0.6) is 0 Å². The minimum absolute atomic E-state index is 0.00114. The van der Waals surface area contributed by atoms with Gasteiger partial charge in [0.25, 0.3) is 0 Å². The molecule has 0 amide bonds. The molecule has 4 N–H and O–H groups in total. The number of pyridine rings is 1. The standard InChI is InChI=1S/C29H33F3N10O/c30-29(31,32)24-11-19(15-34-7-10-43)12-25(40-24)39-21-2-8-41(9-3-21)22-13-28(14-22,4-5-33)42-17-20(16-38-42)26-23-1-6-35-27(23)37-18-36-26/h1,6,11-12,16-18,21-22,34,43H,2-4,7-10,13-15H2,(H,39,40)(H,35,36,37). The molecule has 5 heterocycles. The molecule has 0 radical (unpaired) electrons. The number of nitrogens with one attached hydrogen (secondary N) is 3. The number of alkyl halides is 3. The van der Waals surface area contributed by atoms with Crippen molar-refractivity contribution < 1.29 is 18.3 Å². The monoisotopic (exact) mass is 594 g/mol. The van der Waals surface area contributed by atoms with E-state index in [0.29, 0.717) is 24.6 Å². The second-order valence-corrected chi connectivity index (χ2v) is 11.4. The number of halogens is 3. The first-order valence-electron chi connectivity index (χ1n) is 14.4. The van der Waals surface area contributed by atoms with Crippen LogP contribution in [0.25, 0.3) is 22.3 Å². The summed E-state index contributed by atoms with van der Waals surface area (Å²) >= 11 is 0. The summed E-state index contributed by atoms with van der Waals surface area (Å²) in [5.41, 5.74) is 1.55. The van der Waals surface area contributed by atoms with Crippen LogP contribution in [0.1, 0.15) is 43.4 Å². The summed E-state index contributed by atoms with van der Waals surface area (Å²) in [4.78, 5) is 18.1. The van der Waals surface area contributed by atoms with Gasteiger partial charge in [0, 0.05) is 61.6 Å². The lowest BCUT2D eigenvalue weighted by molar-refractivity contribution is -0.141. The van der Waals surface area contributed by atoms with Crippen molar-refractivity contribution >= 4 is 16.9 Å². The van der Waals surface area contributed by atoms with E-state index in [9.17, 15) is 18.4 Å². The highest BCUT2D eigenvalue weighted by Gasteiger charge is 2.49. The number of nitrogens with zero attached hydrogens (tertiary/aromatic N) is 7.